The minimum Gasteiger partial charge on any atom is -0.355 e. The molecule has 0 aliphatic rings. The lowest BCUT2D eigenvalue weighted by Crippen LogP contribution is -2.48. The number of sulfonamides is 1. The predicted octanol–water partition coefficient (Wildman–Crippen LogP) is 2.83. The lowest BCUT2D eigenvalue weighted by molar-refractivity contribution is -0.139. The molecule has 0 saturated heterocycles. The number of rotatable bonds is 12. The standard InChI is InChI=1S/C24H33N3O4S/c1-4-25-24(29)20(2)26(19-17-21-12-7-5-8-13-21)23(28)16-11-18-27(32(3,30)31)22-14-9-6-10-15-22/h5-10,12-15,20H,4,11,16-19H2,1-3H3,(H,25,29). The van der Waals surface area contributed by atoms with E-state index in [1.165, 1.54) is 4.31 Å². The van der Waals surface area contributed by atoms with Crippen LogP contribution in [0.25, 0.3) is 0 Å². The van der Waals surface area contributed by atoms with Crippen molar-refractivity contribution in [1.82, 2.24) is 10.2 Å². The van der Waals surface area contributed by atoms with Gasteiger partial charge >= 0.3 is 0 Å². The molecule has 0 spiro atoms. The summed E-state index contributed by atoms with van der Waals surface area (Å²) in [6, 6.07) is 18.0. The summed E-state index contributed by atoms with van der Waals surface area (Å²) >= 11 is 0. The number of benzene rings is 2. The smallest absolute Gasteiger partial charge is 0.242 e. The molecular formula is C24H33N3O4S. The van der Waals surface area contributed by atoms with Gasteiger partial charge in [0.1, 0.15) is 6.04 Å². The van der Waals surface area contributed by atoms with Gasteiger partial charge in [0.25, 0.3) is 0 Å². The van der Waals surface area contributed by atoms with Crippen molar-refractivity contribution in [2.45, 2.75) is 39.2 Å². The van der Waals surface area contributed by atoms with Gasteiger partial charge in [-0.15, -0.1) is 0 Å². The summed E-state index contributed by atoms with van der Waals surface area (Å²) in [4.78, 5) is 27.1. The molecule has 2 aromatic rings. The molecule has 0 fully saturated rings. The number of hydrogen-bond donors (Lipinski definition) is 1. The van der Waals surface area contributed by atoms with Crippen molar-refractivity contribution in [1.29, 1.82) is 0 Å². The summed E-state index contributed by atoms with van der Waals surface area (Å²) in [5.41, 5.74) is 1.65. The molecule has 174 valence electrons. The van der Waals surface area contributed by atoms with E-state index < -0.39 is 16.1 Å². The molecule has 0 aliphatic carbocycles. The summed E-state index contributed by atoms with van der Waals surface area (Å²) in [5.74, 6) is -0.364. The molecule has 1 N–H and O–H groups in total. The van der Waals surface area contributed by atoms with Crippen LogP contribution in [0.4, 0.5) is 5.69 Å². The van der Waals surface area contributed by atoms with Crippen molar-refractivity contribution in [2.75, 3.05) is 30.2 Å². The summed E-state index contributed by atoms with van der Waals surface area (Å²) in [7, 11) is -3.48. The van der Waals surface area contributed by atoms with E-state index in [1.54, 1.807) is 36.1 Å². The summed E-state index contributed by atoms with van der Waals surface area (Å²) in [5, 5.41) is 2.77. The zero-order chi connectivity index (χ0) is 23.6. The average Bonchev–Trinajstić information content (AvgIpc) is 2.77. The molecule has 2 rings (SSSR count). The highest BCUT2D eigenvalue weighted by molar-refractivity contribution is 7.92. The van der Waals surface area contributed by atoms with Crippen molar-refractivity contribution >= 4 is 27.5 Å². The monoisotopic (exact) mass is 459 g/mol. The second-order valence-electron chi connectivity index (χ2n) is 7.67. The molecule has 2 aromatic carbocycles. The summed E-state index contributed by atoms with van der Waals surface area (Å²) < 4.78 is 25.8. The van der Waals surface area contributed by atoms with E-state index in [4.69, 9.17) is 0 Å². The Morgan fingerprint density at radius 2 is 1.56 bits per heavy atom. The Morgan fingerprint density at radius 1 is 0.969 bits per heavy atom. The van der Waals surface area contributed by atoms with Crippen LogP contribution in [0.2, 0.25) is 0 Å². The third-order valence-corrected chi connectivity index (χ3v) is 6.39. The van der Waals surface area contributed by atoms with Gasteiger partial charge in [-0.05, 0) is 44.4 Å². The molecule has 0 aromatic heterocycles. The maximum absolute atomic E-state index is 13.1. The number of likely N-dealkylation sites (N-methyl/N-ethyl adjacent to an activating group) is 1. The van der Waals surface area contributed by atoms with Crippen molar-refractivity contribution < 1.29 is 18.0 Å². The first kappa shape index (κ1) is 25.4. The number of nitrogens with zero attached hydrogens (tertiary/aromatic N) is 2. The van der Waals surface area contributed by atoms with Crippen molar-refractivity contribution in [3.05, 3.63) is 66.2 Å². The zero-order valence-corrected chi connectivity index (χ0v) is 19.8. The predicted molar refractivity (Wildman–Crippen MR) is 128 cm³/mol. The maximum atomic E-state index is 13.1. The zero-order valence-electron chi connectivity index (χ0n) is 19.0. The van der Waals surface area contributed by atoms with Gasteiger partial charge in [-0.3, -0.25) is 13.9 Å². The SMILES string of the molecule is CCNC(=O)C(C)N(CCc1ccccc1)C(=O)CCCN(c1ccccc1)S(C)(=O)=O. The second-order valence-corrected chi connectivity index (χ2v) is 9.57. The van der Waals surface area contributed by atoms with Gasteiger partial charge in [0.05, 0.1) is 11.9 Å². The number of amides is 2. The van der Waals surface area contributed by atoms with E-state index in [0.717, 1.165) is 11.8 Å². The Labute approximate surface area is 191 Å². The summed E-state index contributed by atoms with van der Waals surface area (Å²) in [6.45, 7) is 4.65. The minimum atomic E-state index is -3.48. The van der Waals surface area contributed by atoms with Crippen LogP contribution in [-0.4, -0.2) is 57.1 Å². The highest BCUT2D eigenvalue weighted by Crippen LogP contribution is 2.18. The Hall–Kier alpha value is -2.87. The van der Waals surface area contributed by atoms with E-state index >= 15 is 0 Å². The lowest BCUT2D eigenvalue weighted by atomic mass is 10.1. The molecule has 0 heterocycles. The van der Waals surface area contributed by atoms with Crippen molar-refractivity contribution in [3.63, 3.8) is 0 Å². The molecule has 7 nitrogen and oxygen atoms in total. The van der Waals surface area contributed by atoms with Crippen LogP contribution in [0.3, 0.4) is 0 Å². The summed E-state index contributed by atoms with van der Waals surface area (Å²) in [6.07, 6.45) is 2.29. The molecule has 32 heavy (non-hydrogen) atoms. The first-order valence-corrected chi connectivity index (χ1v) is 12.7. The number of hydrogen-bond acceptors (Lipinski definition) is 4. The van der Waals surface area contributed by atoms with Gasteiger partial charge in [0.2, 0.25) is 21.8 Å². The average molecular weight is 460 g/mol. The van der Waals surface area contributed by atoms with Crippen LogP contribution in [0.1, 0.15) is 32.3 Å². The minimum absolute atomic E-state index is 0.150. The van der Waals surface area contributed by atoms with Gasteiger partial charge in [-0.1, -0.05) is 48.5 Å². The molecule has 2 amide bonds. The molecular weight excluding hydrogens is 426 g/mol. The van der Waals surface area contributed by atoms with Gasteiger partial charge in [0, 0.05) is 26.1 Å². The largest absolute Gasteiger partial charge is 0.355 e. The Morgan fingerprint density at radius 3 is 2.12 bits per heavy atom. The first-order chi connectivity index (χ1) is 15.2. The van der Waals surface area contributed by atoms with Crippen LogP contribution >= 0.6 is 0 Å². The molecule has 1 atom stereocenters. The van der Waals surface area contributed by atoms with E-state index in [2.05, 4.69) is 5.32 Å². The first-order valence-electron chi connectivity index (χ1n) is 10.9. The van der Waals surface area contributed by atoms with Gasteiger partial charge in [-0.25, -0.2) is 8.42 Å². The van der Waals surface area contributed by atoms with Crippen LogP contribution in [0, 0.1) is 0 Å². The Bertz CT molecular complexity index is 965. The molecule has 0 saturated carbocycles. The van der Waals surface area contributed by atoms with Crippen molar-refractivity contribution in [2.24, 2.45) is 0 Å². The maximum Gasteiger partial charge on any atom is 0.242 e. The van der Waals surface area contributed by atoms with Crippen molar-refractivity contribution in [3.8, 4) is 0 Å². The number of para-hydroxylation sites is 1. The van der Waals surface area contributed by atoms with Crippen LogP contribution < -0.4 is 9.62 Å². The van der Waals surface area contributed by atoms with E-state index in [9.17, 15) is 18.0 Å². The van der Waals surface area contributed by atoms with Crippen LogP contribution in [0.15, 0.2) is 60.7 Å². The molecule has 8 heteroatoms. The quantitative estimate of drug-likeness (QED) is 0.529. The van der Waals surface area contributed by atoms with Crippen LogP contribution in [-0.2, 0) is 26.0 Å². The highest BCUT2D eigenvalue weighted by Gasteiger charge is 2.25. The fraction of sp³-hybridized carbons (Fsp3) is 0.417. The molecule has 0 radical (unpaired) electrons. The molecule has 1 unspecified atom stereocenters. The highest BCUT2D eigenvalue weighted by atomic mass is 32.2. The third-order valence-electron chi connectivity index (χ3n) is 5.20. The Kier molecular flexibility index (Phi) is 9.71. The third kappa shape index (κ3) is 7.67. The number of anilines is 1. The number of carbonyl (C=O) groups is 2. The Balaban J connectivity index is 2.06. The van der Waals surface area contributed by atoms with Gasteiger partial charge in [-0.2, -0.15) is 0 Å². The molecule has 0 bridgehead atoms. The fourth-order valence-electron chi connectivity index (χ4n) is 3.49. The van der Waals surface area contributed by atoms with E-state index in [1.807, 2.05) is 43.3 Å². The second kappa shape index (κ2) is 12.2. The topological polar surface area (TPSA) is 86.8 Å². The normalized spacial score (nSPS) is 12.1. The van der Waals surface area contributed by atoms with E-state index in [-0.39, 0.29) is 24.8 Å². The fourth-order valence-corrected chi connectivity index (χ4v) is 4.46. The van der Waals surface area contributed by atoms with E-state index in [0.29, 0.717) is 31.6 Å². The van der Waals surface area contributed by atoms with Gasteiger partial charge in [0.15, 0.2) is 0 Å². The number of carbonyl (C=O) groups excluding carboxylic acids is 2. The van der Waals surface area contributed by atoms with Gasteiger partial charge < -0.3 is 10.2 Å². The van der Waals surface area contributed by atoms with Crippen LogP contribution in [0.5, 0.6) is 0 Å². The lowest BCUT2D eigenvalue weighted by Gasteiger charge is -2.29. The molecule has 0 aliphatic heterocycles. The number of nitrogens with one attached hydrogen (secondary N) is 1.